The van der Waals surface area contributed by atoms with Crippen molar-refractivity contribution in [2.24, 2.45) is 0 Å². The molecule has 1 aromatic carbocycles. The number of benzene rings is 1. The average molecular weight is 298 g/mol. The molecule has 0 unspecified atom stereocenters. The number of aromatic amines is 1. The molecule has 0 bridgehead atoms. The van der Waals surface area contributed by atoms with Gasteiger partial charge in [-0.15, -0.1) is 10.2 Å². The van der Waals surface area contributed by atoms with E-state index in [4.69, 9.17) is 9.15 Å². The fourth-order valence-corrected chi connectivity index (χ4v) is 1.95. The number of anilines is 2. The SMILES string of the molecule is COc1cccc(Nc2nnc(Cc3ccco3)c(=O)[nH]2)c1. The van der Waals surface area contributed by atoms with E-state index in [1.165, 1.54) is 0 Å². The van der Waals surface area contributed by atoms with Crippen LogP contribution in [-0.4, -0.2) is 22.3 Å². The lowest BCUT2D eigenvalue weighted by atomic mass is 10.2. The Morgan fingerprint density at radius 2 is 2.18 bits per heavy atom. The minimum absolute atomic E-state index is 0.265. The summed E-state index contributed by atoms with van der Waals surface area (Å²) in [4.78, 5) is 14.7. The van der Waals surface area contributed by atoms with Crippen LogP contribution in [-0.2, 0) is 6.42 Å². The predicted molar refractivity (Wildman–Crippen MR) is 80.4 cm³/mol. The lowest BCUT2D eigenvalue weighted by molar-refractivity contribution is 0.415. The molecule has 22 heavy (non-hydrogen) atoms. The third kappa shape index (κ3) is 3.14. The lowest BCUT2D eigenvalue weighted by Gasteiger charge is -2.06. The summed E-state index contributed by atoms with van der Waals surface area (Å²) in [6, 6.07) is 10.8. The van der Waals surface area contributed by atoms with E-state index in [1.807, 2.05) is 18.2 Å². The van der Waals surface area contributed by atoms with Crippen LogP contribution in [0.2, 0.25) is 0 Å². The summed E-state index contributed by atoms with van der Waals surface area (Å²) in [5, 5.41) is 10.9. The molecule has 3 rings (SSSR count). The minimum atomic E-state index is -0.309. The fraction of sp³-hybridized carbons (Fsp3) is 0.133. The smallest absolute Gasteiger partial charge is 0.274 e. The summed E-state index contributed by atoms with van der Waals surface area (Å²) < 4.78 is 10.3. The number of furan rings is 1. The van der Waals surface area contributed by atoms with E-state index in [9.17, 15) is 4.79 Å². The predicted octanol–water partition coefficient (Wildman–Crippen LogP) is 2.10. The highest BCUT2D eigenvalue weighted by molar-refractivity contribution is 5.55. The van der Waals surface area contributed by atoms with E-state index in [1.54, 1.807) is 31.6 Å². The molecular formula is C15H14N4O3. The second-order valence-corrected chi connectivity index (χ2v) is 4.56. The molecule has 0 amide bonds. The van der Waals surface area contributed by atoms with Gasteiger partial charge in [-0.05, 0) is 24.3 Å². The second kappa shape index (κ2) is 6.13. The molecule has 7 heteroatoms. The molecule has 0 fully saturated rings. The highest BCUT2D eigenvalue weighted by Gasteiger charge is 2.08. The first kappa shape index (κ1) is 13.9. The molecular weight excluding hydrogens is 284 g/mol. The highest BCUT2D eigenvalue weighted by atomic mass is 16.5. The van der Waals surface area contributed by atoms with Crippen molar-refractivity contribution in [2.45, 2.75) is 6.42 Å². The van der Waals surface area contributed by atoms with Gasteiger partial charge in [-0.2, -0.15) is 0 Å². The monoisotopic (exact) mass is 298 g/mol. The summed E-state index contributed by atoms with van der Waals surface area (Å²) in [6.07, 6.45) is 1.85. The van der Waals surface area contributed by atoms with E-state index in [-0.39, 0.29) is 11.5 Å². The minimum Gasteiger partial charge on any atom is -0.497 e. The van der Waals surface area contributed by atoms with Gasteiger partial charge in [0.25, 0.3) is 5.56 Å². The van der Waals surface area contributed by atoms with Crippen LogP contribution in [0.4, 0.5) is 11.6 Å². The number of methoxy groups -OCH3 is 1. The van der Waals surface area contributed by atoms with Gasteiger partial charge in [-0.3, -0.25) is 9.78 Å². The molecule has 2 heterocycles. The Labute approximate surface area is 126 Å². The van der Waals surface area contributed by atoms with Crippen molar-refractivity contribution in [3.8, 4) is 5.75 Å². The maximum Gasteiger partial charge on any atom is 0.274 e. The molecule has 0 saturated carbocycles. The second-order valence-electron chi connectivity index (χ2n) is 4.56. The molecule has 2 aromatic heterocycles. The van der Waals surface area contributed by atoms with Crippen LogP contribution >= 0.6 is 0 Å². The topological polar surface area (TPSA) is 93.0 Å². The van der Waals surface area contributed by atoms with Crippen molar-refractivity contribution in [2.75, 3.05) is 12.4 Å². The van der Waals surface area contributed by atoms with Gasteiger partial charge in [0.1, 0.15) is 17.2 Å². The Morgan fingerprint density at radius 1 is 1.27 bits per heavy atom. The molecule has 7 nitrogen and oxygen atoms in total. The Kier molecular flexibility index (Phi) is 3.86. The maximum atomic E-state index is 12.0. The van der Waals surface area contributed by atoms with E-state index in [0.29, 0.717) is 23.6 Å². The molecule has 0 spiro atoms. The van der Waals surface area contributed by atoms with Crippen molar-refractivity contribution >= 4 is 11.6 Å². The molecule has 0 saturated heterocycles. The molecule has 0 aliphatic heterocycles. The Bertz CT molecular complexity index is 812. The number of aromatic nitrogens is 3. The van der Waals surface area contributed by atoms with Gasteiger partial charge >= 0.3 is 0 Å². The largest absolute Gasteiger partial charge is 0.497 e. The zero-order valence-corrected chi connectivity index (χ0v) is 11.9. The zero-order valence-electron chi connectivity index (χ0n) is 11.9. The molecule has 2 N–H and O–H groups in total. The first-order valence-electron chi connectivity index (χ1n) is 6.64. The molecule has 3 aromatic rings. The van der Waals surface area contributed by atoms with Crippen LogP contribution in [0.5, 0.6) is 5.75 Å². The molecule has 0 aliphatic rings. The number of H-pyrrole nitrogens is 1. The number of ether oxygens (including phenoxy) is 1. The summed E-state index contributed by atoms with van der Waals surface area (Å²) >= 11 is 0. The standard InChI is InChI=1S/C15H14N4O3/c1-21-11-5-2-4-10(8-11)16-15-17-14(20)13(18-19-15)9-12-6-3-7-22-12/h2-8H,9H2,1H3,(H2,16,17,19,20). The van der Waals surface area contributed by atoms with Crippen LogP contribution in [0.1, 0.15) is 11.5 Å². The summed E-state index contributed by atoms with van der Waals surface area (Å²) in [7, 11) is 1.59. The van der Waals surface area contributed by atoms with E-state index < -0.39 is 0 Å². The van der Waals surface area contributed by atoms with Gasteiger partial charge in [0.2, 0.25) is 5.95 Å². The van der Waals surface area contributed by atoms with Crippen molar-refractivity contribution in [3.05, 3.63) is 64.5 Å². The highest BCUT2D eigenvalue weighted by Crippen LogP contribution is 2.18. The zero-order chi connectivity index (χ0) is 15.4. The number of nitrogens with one attached hydrogen (secondary N) is 2. The average Bonchev–Trinajstić information content (AvgIpc) is 3.03. The Hall–Kier alpha value is -3.09. The third-order valence-electron chi connectivity index (χ3n) is 3.02. The Balaban J connectivity index is 1.78. The van der Waals surface area contributed by atoms with Crippen LogP contribution in [0, 0.1) is 0 Å². The normalized spacial score (nSPS) is 10.4. The van der Waals surface area contributed by atoms with Crippen LogP contribution < -0.4 is 15.6 Å². The number of hydrogen-bond donors (Lipinski definition) is 2. The number of nitrogens with zero attached hydrogens (tertiary/aromatic N) is 2. The molecule has 0 aliphatic carbocycles. The van der Waals surface area contributed by atoms with Crippen LogP contribution in [0.25, 0.3) is 0 Å². The quantitative estimate of drug-likeness (QED) is 0.749. The molecule has 0 atom stereocenters. The van der Waals surface area contributed by atoms with Gasteiger partial charge in [0.05, 0.1) is 19.8 Å². The maximum absolute atomic E-state index is 12.0. The van der Waals surface area contributed by atoms with Gasteiger partial charge in [0, 0.05) is 11.8 Å². The van der Waals surface area contributed by atoms with Crippen LogP contribution in [0.15, 0.2) is 51.9 Å². The molecule has 112 valence electrons. The van der Waals surface area contributed by atoms with Gasteiger partial charge in [-0.1, -0.05) is 6.07 Å². The van der Waals surface area contributed by atoms with Gasteiger partial charge < -0.3 is 14.5 Å². The summed E-state index contributed by atoms with van der Waals surface area (Å²) in [5.74, 6) is 1.63. The van der Waals surface area contributed by atoms with Crippen LogP contribution in [0.3, 0.4) is 0 Å². The van der Waals surface area contributed by atoms with Crippen molar-refractivity contribution < 1.29 is 9.15 Å². The summed E-state index contributed by atoms with van der Waals surface area (Å²) in [5.41, 5.74) is 0.728. The van der Waals surface area contributed by atoms with Crippen molar-refractivity contribution in [1.29, 1.82) is 0 Å². The van der Waals surface area contributed by atoms with E-state index in [2.05, 4.69) is 20.5 Å². The van der Waals surface area contributed by atoms with Crippen molar-refractivity contribution in [1.82, 2.24) is 15.2 Å². The van der Waals surface area contributed by atoms with E-state index >= 15 is 0 Å². The van der Waals surface area contributed by atoms with Gasteiger partial charge in [0.15, 0.2) is 0 Å². The number of hydrogen-bond acceptors (Lipinski definition) is 6. The number of rotatable bonds is 5. The fourth-order valence-electron chi connectivity index (χ4n) is 1.95. The lowest BCUT2D eigenvalue weighted by Crippen LogP contribution is -2.18. The van der Waals surface area contributed by atoms with E-state index in [0.717, 1.165) is 5.69 Å². The first-order chi connectivity index (χ1) is 10.7. The van der Waals surface area contributed by atoms with Gasteiger partial charge in [-0.25, -0.2) is 0 Å². The van der Waals surface area contributed by atoms with Crippen molar-refractivity contribution in [3.63, 3.8) is 0 Å². The third-order valence-corrected chi connectivity index (χ3v) is 3.02. The Morgan fingerprint density at radius 3 is 2.91 bits per heavy atom. The summed E-state index contributed by atoms with van der Waals surface area (Å²) in [6.45, 7) is 0. The first-order valence-corrected chi connectivity index (χ1v) is 6.64. The molecule has 0 radical (unpaired) electrons.